The highest BCUT2D eigenvalue weighted by Gasteiger charge is 2.30. The highest BCUT2D eigenvalue weighted by Crippen LogP contribution is 2.44. The van der Waals surface area contributed by atoms with Crippen molar-refractivity contribution in [3.8, 4) is 11.1 Å². The van der Waals surface area contributed by atoms with E-state index in [1.165, 1.54) is 0 Å². The van der Waals surface area contributed by atoms with E-state index in [4.69, 9.17) is 9.84 Å². The van der Waals surface area contributed by atoms with Crippen LogP contribution in [0.25, 0.3) is 11.1 Å². The predicted molar refractivity (Wildman–Crippen MR) is 139 cm³/mol. The van der Waals surface area contributed by atoms with Crippen LogP contribution in [0.2, 0.25) is 0 Å². The number of benzene rings is 3. The number of amides is 2. The number of carbonyl (C=O) groups excluding carboxylic acids is 2. The fraction of sp³-hybridized carbons (Fsp3) is 0.192. The molecule has 0 bridgehead atoms. The maximum absolute atomic E-state index is 12.9. The summed E-state index contributed by atoms with van der Waals surface area (Å²) in [7, 11) is 0. The summed E-state index contributed by atoms with van der Waals surface area (Å²) in [4.78, 5) is 36.7. The van der Waals surface area contributed by atoms with Gasteiger partial charge in [-0.2, -0.15) is 0 Å². The van der Waals surface area contributed by atoms with Crippen molar-refractivity contribution in [1.29, 1.82) is 0 Å². The first-order chi connectivity index (χ1) is 16.8. The number of rotatable bonds is 8. The summed E-state index contributed by atoms with van der Waals surface area (Å²) in [5.41, 5.74) is 4.85. The van der Waals surface area contributed by atoms with Crippen LogP contribution in [0.3, 0.4) is 0 Å². The van der Waals surface area contributed by atoms with Crippen molar-refractivity contribution in [3.05, 3.63) is 86.8 Å². The van der Waals surface area contributed by atoms with E-state index in [1.54, 1.807) is 18.2 Å². The van der Waals surface area contributed by atoms with Gasteiger partial charge in [-0.15, -0.1) is 0 Å². The Balaban J connectivity index is 1.43. The molecule has 2 amide bonds. The van der Waals surface area contributed by atoms with E-state index in [-0.39, 0.29) is 25.4 Å². The van der Waals surface area contributed by atoms with Gasteiger partial charge in [-0.3, -0.25) is 9.59 Å². The fourth-order valence-electron chi connectivity index (χ4n) is 4.13. The van der Waals surface area contributed by atoms with E-state index in [1.807, 2.05) is 48.5 Å². The molecule has 4 rings (SSSR count). The Morgan fingerprint density at radius 2 is 1.57 bits per heavy atom. The number of carboxylic acid groups (broad SMARTS) is 1. The van der Waals surface area contributed by atoms with Gasteiger partial charge >= 0.3 is 12.1 Å². The number of hydrogen-bond donors (Lipinski definition) is 3. The first-order valence-electron chi connectivity index (χ1n) is 10.9. The van der Waals surface area contributed by atoms with Crippen LogP contribution in [0, 0.1) is 0 Å². The van der Waals surface area contributed by atoms with Crippen LogP contribution >= 0.6 is 31.9 Å². The molecule has 0 spiro atoms. The van der Waals surface area contributed by atoms with Crippen LogP contribution in [0.1, 0.15) is 29.9 Å². The van der Waals surface area contributed by atoms with E-state index >= 15 is 0 Å². The second kappa shape index (κ2) is 11.0. The Kier molecular flexibility index (Phi) is 7.87. The molecule has 7 nitrogen and oxygen atoms in total. The molecule has 0 fully saturated rings. The zero-order valence-corrected chi connectivity index (χ0v) is 21.6. The third-order valence-electron chi connectivity index (χ3n) is 5.79. The molecule has 0 radical (unpaired) electrons. The quantitative estimate of drug-likeness (QED) is 0.297. The second-order valence-electron chi connectivity index (χ2n) is 8.07. The van der Waals surface area contributed by atoms with Gasteiger partial charge in [0.15, 0.2) is 0 Å². The number of ether oxygens (including phenoxy) is 1. The molecule has 180 valence electrons. The number of alkyl carbamates (subject to hydrolysis) is 1. The highest BCUT2D eigenvalue weighted by molar-refractivity contribution is 9.11. The number of nitrogens with one attached hydrogen (secondary N) is 2. The molecule has 0 aromatic heterocycles. The van der Waals surface area contributed by atoms with Gasteiger partial charge in [0.1, 0.15) is 12.6 Å². The summed E-state index contributed by atoms with van der Waals surface area (Å²) in [5.74, 6) is -1.73. The van der Waals surface area contributed by atoms with Crippen LogP contribution in [-0.4, -0.2) is 35.7 Å². The predicted octanol–water partition coefficient (Wildman–Crippen LogP) is 5.92. The number of carboxylic acids is 1. The molecule has 0 saturated carbocycles. The topological polar surface area (TPSA) is 105 Å². The van der Waals surface area contributed by atoms with E-state index < -0.39 is 24.0 Å². The summed E-state index contributed by atoms with van der Waals surface area (Å²) >= 11 is 6.72. The molecule has 0 heterocycles. The van der Waals surface area contributed by atoms with Crippen molar-refractivity contribution in [1.82, 2.24) is 5.32 Å². The molecular formula is C26H22Br2N2O5. The van der Waals surface area contributed by atoms with Crippen LogP contribution in [0.4, 0.5) is 10.5 Å². The lowest BCUT2D eigenvalue weighted by molar-refractivity contribution is -0.137. The average Bonchev–Trinajstić information content (AvgIpc) is 3.15. The summed E-state index contributed by atoms with van der Waals surface area (Å²) in [6.07, 6.45) is -1.16. The first-order valence-corrected chi connectivity index (χ1v) is 12.5. The third-order valence-corrected chi connectivity index (χ3v) is 6.94. The Morgan fingerprint density at radius 1 is 0.943 bits per heavy atom. The minimum Gasteiger partial charge on any atom is -0.481 e. The van der Waals surface area contributed by atoms with Crippen LogP contribution in [0.15, 0.2) is 75.7 Å². The molecule has 0 aliphatic heterocycles. The standard InChI is InChI=1S/C26H22Br2N2O5/c27-15-9-10-22(21(28)13-15)29-25(33)23(11-12-24(31)32)30-26(34)35-14-20-18-7-3-1-5-16(18)17-6-2-4-8-19(17)20/h1-10,13,20,23H,11-12,14H2,(H,29,33)(H,30,34)(H,31,32). The van der Waals surface area contributed by atoms with Crippen molar-refractivity contribution in [2.75, 3.05) is 11.9 Å². The zero-order valence-electron chi connectivity index (χ0n) is 18.5. The maximum atomic E-state index is 12.9. The summed E-state index contributed by atoms with van der Waals surface area (Å²) in [6, 6.07) is 20.1. The van der Waals surface area contributed by atoms with E-state index in [2.05, 4.69) is 42.5 Å². The van der Waals surface area contributed by atoms with E-state index in [0.717, 1.165) is 26.7 Å². The van der Waals surface area contributed by atoms with Crippen molar-refractivity contribution >= 4 is 55.5 Å². The molecule has 3 aromatic carbocycles. The van der Waals surface area contributed by atoms with Gasteiger partial charge in [-0.1, -0.05) is 64.5 Å². The van der Waals surface area contributed by atoms with E-state index in [9.17, 15) is 14.4 Å². The molecule has 1 unspecified atom stereocenters. The van der Waals surface area contributed by atoms with Crippen LogP contribution < -0.4 is 10.6 Å². The monoisotopic (exact) mass is 600 g/mol. The Labute approximate surface area is 219 Å². The highest BCUT2D eigenvalue weighted by atomic mass is 79.9. The van der Waals surface area contributed by atoms with Crippen molar-refractivity contribution in [3.63, 3.8) is 0 Å². The van der Waals surface area contributed by atoms with Gasteiger partial charge in [-0.25, -0.2) is 4.79 Å². The first kappa shape index (κ1) is 24.9. The van der Waals surface area contributed by atoms with Crippen LogP contribution in [-0.2, 0) is 14.3 Å². The van der Waals surface area contributed by atoms with Gasteiger partial charge in [0, 0.05) is 21.3 Å². The smallest absolute Gasteiger partial charge is 0.407 e. The third kappa shape index (κ3) is 5.91. The SMILES string of the molecule is O=C(O)CCC(NC(=O)OCC1c2ccccc2-c2ccccc21)C(=O)Nc1ccc(Br)cc1Br. The van der Waals surface area contributed by atoms with Crippen molar-refractivity contribution in [2.24, 2.45) is 0 Å². The largest absolute Gasteiger partial charge is 0.481 e. The minimum atomic E-state index is -1.09. The number of hydrogen-bond acceptors (Lipinski definition) is 4. The Morgan fingerprint density at radius 3 is 2.17 bits per heavy atom. The molecule has 3 aromatic rings. The van der Waals surface area contributed by atoms with Gasteiger partial charge < -0.3 is 20.5 Å². The van der Waals surface area contributed by atoms with Crippen molar-refractivity contribution < 1.29 is 24.2 Å². The van der Waals surface area contributed by atoms with Crippen molar-refractivity contribution in [2.45, 2.75) is 24.8 Å². The lowest BCUT2D eigenvalue weighted by atomic mass is 9.98. The molecule has 1 aliphatic rings. The molecule has 35 heavy (non-hydrogen) atoms. The normalized spacial score (nSPS) is 12.9. The fourth-order valence-corrected chi connectivity index (χ4v) is 5.28. The van der Waals surface area contributed by atoms with Gasteiger partial charge in [-0.05, 0) is 62.8 Å². The summed E-state index contributed by atoms with van der Waals surface area (Å²) in [5, 5.41) is 14.3. The maximum Gasteiger partial charge on any atom is 0.407 e. The van der Waals surface area contributed by atoms with Gasteiger partial charge in [0.05, 0.1) is 5.69 Å². The molecular weight excluding hydrogens is 580 g/mol. The Bertz CT molecular complexity index is 1230. The average molecular weight is 602 g/mol. The summed E-state index contributed by atoms with van der Waals surface area (Å²) < 4.78 is 6.98. The number of carbonyl (C=O) groups is 3. The van der Waals surface area contributed by atoms with E-state index in [0.29, 0.717) is 10.2 Å². The minimum absolute atomic E-state index is 0.0838. The van der Waals surface area contributed by atoms with Crippen LogP contribution in [0.5, 0.6) is 0 Å². The molecule has 1 atom stereocenters. The number of halogens is 2. The summed E-state index contributed by atoms with van der Waals surface area (Å²) in [6.45, 7) is 0.0887. The molecule has 3 N–H and O–H groups in total. The molecule has 9 heteroatoms. The van der Waals surface area contributed by atoms with Gasteiger partial charge in [0.25, 0.3) is 0 Å². The number of fused-ring (bicyclic) bond motifs is 3. The lowest BCUT2D eigenvalue weighted by Crippen LogP contribution is -2.44. The lowest BCUT2D eigenvalue weighted by Gasteiger charge is -2.20. The Hall–Kier alpha value is -3.17. The number of anilines is 1. The van der Waals surface area contributed by atoms with Gasteiger partial charge in [0.2, 0.25) is 5.91 Å². The number of aliphatic carboxylic acids is 1. The zero-order chi connectivity index (χ0) is 24.9. The second-order valence-corrected chi connectivity index (χ2v) is 9.84. The molecule has 1 aliphatic carbocycles. The molecule has 0 saturated heterocycles.